The number of thioether (sulfide) groups is 1. The molecule has 0 amide bonds. The van der Waals surface area contributed by atoms with E-state index in [-0.39, 0.29) is 21.9 Å². The first-order valence-corrected chi connectivity index (χ1v) is 6.13. The summed E-state index contributed by atoms with van der Waals surface area (Å²) >= 11 is 1.24. The summed E-state index contributed by atoms with van der Waals surface area (Å²) in [6, 6.07) is 1.16. The Morgan fingerprint density at radius 3 is 3.06 bits per heavy atom. The van der Waals surface area contributed by atoms with Crippen molar-refractivity contribution in [3.63, 3.8) is 0 Å². The highest BCUT2D eigenvalue weighted by Crippen LogP contribution is 2.33. The molecule has 0 aromatic carbocycles. The Labute approximate surface area is 102 Å². The number of aromatic nitrogens is 1. The van der Waals surface area contributed by atoms with Crippen molar-refractivity contribution in [1.82, 2.24) is 4.98 Å². The molecule has 0 spiro atoms. The number of aromatic carboxylic acids is 1. The molecule has 1 N–H and O–H groups in total. The molecule has 92 valence electrons. The third-order valence-electron chi connectivity index (χ3n) is 2.66. The first-order chi connectivity index (χ1) is 8.09. The number of halogens is 1. The zero-order valence-corrected chi connectivity index (χ0v) is 10.0. The van der Waals surface area contributed by atoms with Gasteiger partial charge >= 0.3 is 5.97 Å². The van der Waals surface area contributed by atoms with Gasteiger partial charge < -0.3 is 9.84 Å². The fraction of sp³-hybridized carbons (Fsp3) is 0.455. The molecule has 1 aliphatic rings. The van der Waals surface area contributed by atoms with Gasteiger partial charge in [-0.3, -0.25) is 0 Å². The van der Waals surface area contributed by atoms with Crippen LogP contribution in [0, 0.1) is 5.82 Å². The lowest BCUT2D eigenvalue weighted by Gasteiger charge is -2.13. The Hall–Kier alpha value is -1.14. The quantitative estimate of drug-likeness (QED) is 0.899. The Morgan fingerprint density at radius 2 is 2.47 bits per heavy atom. The summed E-state index contributed by atoms with van der Waals surface area (Å²) in [5.41, 5.74) is -0.339. The molecule has 6 heteroatoms. The molecule has 0 radical (unpaired) electrons. The van der Waals surface area contributed by atoms with E-state index in [0.717, 1.165) is 12.5 Å². The van der Waals surface area contributed by atoms with Crippen molar-refractivity contribution in [3.8, 4) is 0 Å². The lowest BCUT2D eigenvalue weighted by atomic mass is 10.2. The molecule has 1 aromatic heterocycles. The second kappa shape index (κ2) is 5.01. The molecule has 0 aliphatic carbocycles. The number of ether oxygens (including phenoxy) is 1. The zero-order valence-electron chi connectivity index (χ0n) is 9.22. The lowest BCUT2D eigenvalue weighted by molar-refractivity contribution is 0.0691. The first-order valence-electron chi connectivity index (χ1n) is 5.25. The average molecular weight is 257 g/mol. The van der Waals surface area contributed by atoms with Crippen molar-refractivity contribution in [2.24, 2.45) is 0 Å². The summed E-state index contributed by atoms with van der Waals surface area (Å²) in [5.74, 6) is -2.04. The van der Waals surface area contributed by atoms with Gasteiger partial charge in [-0.1, -0.05) is 11.8 Å². The van der Waals surface area contributed by atoms with Gasteiger partial charge in [-0.2, -0.15) is 0 Å². The van der Waals surface area contributed by atoms with Crippen LogP contribution in [0.2, 0.25) is 0 Å². The van der Waals surface area contributed by atoms with Crippen LogP contribution in [0.1, 0.15) is 23.7 Å². The van der Waals surface area contributed by atoms with Gasteiger partial charge in [0.15, 0.2) is 5.82 Å². The van der Waals surface area contributed by atoms with E-state index in [0.29, 0.717) is 6.61 Å². The van der Waals surface area contributed by atoms with E-state index in [1.807, 2.05) is 6.92 Å². The normalized spacial score (nSPS) is 23.9. The van der Waals surface area contributed by atoms with Crippen molar-refractivity contribution < 1.29 is 19.0 Å². The Morgan fingerprint density at radius 1 is 1.71 bits per heavy atom. The number of carboxylic acids is 1. The summed E-state index contributed by atoms with van der Waals surface area (Å²) in [5, 5.41) is 9.06. The second-order valence-electron chi connectivity index (χ2n) is 3.80. The Balaban J connectivity index is 2.21. The maximum Gasteiger partial charge on any atom is 0.338 e. The molecule has 0 saturated carbocycles. The van der Waals surface area contributed by atoms with E-state index in [1.165, 1.54) is 18.0 Å². The second-order valence-corrected chi connectivity index (χ2v) is 5.03. The molecule has 2 atom stereocenters. The highest BCUT2D eigenvalue weighted by molar-refractivity contribution is 7.99. The number of pyridine rings is 1. The molecule has 1 saturated heterocycles. The number of hydrogen-bond donors (Lipinski definition) is 1. The summed E-state index contributed by atoms with van der Waals surface area (Å²) in [4.78, 5) is 14.7. The number of rotatable bonds is 3. The summed E-state index contributed by atoms with van der Waals surface area (Å²) in [6.45, 7) is 2.57. The Kier molecular flexibility index (Phi) is 3.63. The lowest BCUT2D eigenvalue weighted by Crippen LogP contribution is -2.14. The third kappa shape index (κ3) is 2.58. The van der Waals surface area contributed by atoms with Gasteiger partial charge in [0.1, 0.15) is 5.03 Å². The largest absolute Gasteiger partial charge is 0.478 e. The van der Waals surface area contributed by atoms with Crippen molar-refractivity contribution in [3.05, 3.63) is 23.6 Å². The zero-order chi connectivity index (χ0) is 12.4. The van der Waals surface area contributed by atoms with E-state index < -0.39 is 11.8 Å². The molecule has 2 heterocycles. The van der Waals surface area contributed by atoms with Crippen molar-refractivity contribution >= 4 is 17.7 Å². The van der Waals surface area contributed by atoms with Gasteiger partial charge in [-0.25, -0.2) is 14.2 Å². The highest BCUT2D eigenvalue weighted by Gasteiger charge is 2.27. The van der Waals surface area contributed by atoms with Crippen LogP contribution in [-0.2, 0) is 4.74 Å². The topological polar surface area (TPSA) is 59.4 Å². The smallest absolute Gasteiger partial charge is 0.338 e. The van der Waals surface area contributed by atoms with Gasteiger partial charge in [0.25, 0.3) is 0 Å². The molecule has 1 aliphatic heterocycles. The van der Waals surface area contributed by atoms with Crippen molar-refractivity contribution in [1.29, 1.82) is 0 Å². The molecule has 1 fully saturated rings. The van der Waals surface area contributed by atoms with E-state index in [1.54, 1.807) is 0 Å². The van der Waals surface area contributed by atoms with E-state index in [9.17, 15) is 9.18 Å². The van der Waals surface area contributed by atoms with E-state index in [4.69, 9.17) is 9.84 Å². The fourth-order valence-corrected chi connectivity index (χ4v) is 2.79. The maximum atomic E-state index is 13.8. The first kappa shape index (κ1) is 12.3. The summed E-state index contributed by atoms with van der Waals surface area (Å²) in [6.07, 6.45) is 2.18. The molecule has 17 heavy (non-hydrogen) atoms. The monoisotopic (exact) mass is 257 g/mol. The van der Waals surface area contributed by atoms with Gasteiger partial charge in [0.2, 0.25) is 0 Å². The van der Waals surface area contributed by atoms with Crippen LogP contribution in [0.3, 0.4) is 0 Å². The maximum absolute atomic E-state index is 13.8. The molecule has 2 unspecified atom stereocenters. The minimum absolute atomic E-state index is 0.0367. The Bertz CT molecular complexity index is 441. The summed E-state index contributed by atoms with van der Waals surface area (Å²) in [7, 11) is 0. The molecule has 0 bridgehead atoms. The summed E-state index contributed by atoms with van der Waals surface area (Å²) < 4.78 is 19.2. The van der Waals surface area contributed by atoms with E-state index >= 15 is 0 Å². The number of carbonyl (C=O) groups is 1. The van der Waals surface area contributed by atoms with Gasteiger partial charge in [0, 0.05) is 18.1 Å². The van der Waals surface area contributed by atoms with E-state index in [2.05, 4.69) is 4.98 Å². The average Bonchev–Trinajstić information content (AvgIpc) is 2.67. The molecular formula is C11H12FNO3S. The molecule has 1 aromatic rings. The minimum atomic E-state index is -1.28. The predicted octanol–water partition coefficient (Wildman–Crippen LogP) is 2.19. The van der Waals surface area contributed by atoms with Gasteiger partial charge in [0.05, 0.1) is 11.7 Å². The van der Waals surface area contributed by atoms with Crippen molar-refractivity contribution in [2.45, 2.75) is 29.7 Å². The van der Waals surface area contributed by atoms with Crippen molar-refractivity contribution in [2.75, 3.05) is 6.61 Å². The van der Waals surface area contributed by atoms with Crippen LogP contribution in [0.4, 0.5) is 4.39 Å². The number of nitrogens with zero attached hydrogens (tertiary/aromatic N) is 1. The SMILES string of the molecule is CC1OCCC1Sc1nccc(C(=O)O)c1F. The van der Waals surface area contributed by atoms with Crippen LogP contribution < -0.4 is 0 Å². The molecule has 4 nitrogen and oxygen atoms in total. The van der Waals surface area contributed by atoms with Crippen LogP contribution in [0.5, 0.6) is 0 Å². The number of carboxylic acid groups (broad SMARTS) is 1. The minimum Gasteiger partial charge on any atom is -0.478 e. The third-order valence-corrected chi connectivity index (χ3v) is 4.09. The predicted molar refractivity (Wildman–Crippen MR) is 60.8 cm³/mol. The highest BCUT2D eigenvalue weighted by atomic mass is 32.2. The van der Waals surface area contributed by atoms with Crippen LogP contribution in [-0.4, -0.2) is 34.0 Å². The fourth-order valence-electron chi connectivity index (χ4n) is 1.68. The van der Waals surface area contributed by atoms with Crippen LogP contribution in [0.15, 0.2) is 17.3 Å². The standard InChI is InChI=1S/C11H12FNO3S/c1-6-8(3-5-16-6)17-10-9(12)7(11(14)15)2-4-13-10/h2,4,6,8H,3,5H2,1H3,(H,14,15). The molecular weight excluding hydrogens is 245 g/mol. The van der Waals surface area contributed by atoms with Crippen LogP contribution >= 0.6 is 11.8 Å². The molecule has 2 rings (SSSR count). The van der Waals surface area contributed by atoms with Crippen LogP contribution in [0.25, 0.3) is 0 Å². The number of hydrogen-bond acceptors (Lipinski definition) is 4. The van der Waals surface area contributed by atoms with Gasteiger partial charge in [-0.05, 0) is 19.4 Å². The van der Waals surface area contributed by atoms with Gasteiger partial charge in [-0.15, -0.1) is 0 Å².